The van der Waals surface area contributed by atoms with Gasteiger partial charge < -0.3 is 10.1 Å². The Labute approximate surface area is 157 Å². The van der Waals surface area contributed by atoms with Crippen LogP contribution in [0.2, 0.25) is 0 Å². The van der Waals surface area contributed by atoms with Gasteiger partial charge in [-0.1, -0.05) is 48.0 Å². The number of sulfone groups is 1. The number of carbonyl (C=O) groups is 3. The largest absolute Gasteiger partial charge is 0.459 e. The molecule has 1 N–H and O–H groups in total. The Morgan fingerprint density at radius 1 is 1.00 bits per heavy atom. The van der Waals surface area contributed by atoms with Crippen molar-refractivity contribution in [2.24, 2.45) is 0 Å². The highest BCUT2D eigenvalue weighted by molar-refractivity contribution is 7.92. The summed E-state index contributed by atoms with van der Waals surface area (Å²) in [5, 5.41) is 0.0435. The molecule has 1 amide bonds. The van der Waals surface area contributed by atoms with Gasteiger partial charge in [-0.2, -0.15) is 0 Å². The van der Waals surface area contributed by atoms with E-state index in [2.05, 4.69) is 4.74 Å². The van der Waals surface area contributed by atoms with Crippen molar-refractivity contribution in [1.29, 1.82) is 0 Å². The Bertz CT molecular complexity index is 936. The van der Waals surface area contributed by atoms with Gasteiger partial charge in [0.2, 0.25) is 15.6 Å². The summed E-state index contributed by atoms with van der Waals surface area (Å²) in [5.74, 6) is -3.42. The molecule has 0 aliphatic carbocycles. The topological polar surface area (TPSA) is 107 Å². The molecule has 0 spiro atoms. The van der Waals surface area contributed by atoms with Crippen LogP contribution in [0.1, 0.15) is 22.8 Å². The van der Waals surface area contributed by atoms with Crippen LogP contribution in [0.25, 0.3) is 0 Å². The van der Waals surface area contributed by atoms with Crippen LogP contribution in [0.3, 0.4) is 0 Å². The number of benzene rings is 2. The van der Waals surface area contributed by atoms with E-state index in [1.807, 2.05) is 5.32 Å². The van der Waals surface area contributed by atoms with Gasteiger partial charge in [-0.15, -0.1) is 0 Å². The molecule has 0 fully saturated rings. The molecule has 0 bridgehead atoms. The quantitative estimate of drug-likeness (QED) is 0.457. The number of hydrogen-bond acceptors (Lipinski definition) is 6. The molecule has 0 radical (unpaired) electrons. The summed E-state index contributed by atoms with van der Waals surface area (Å²) in [7, 11) is -4.30. The Hall–Kier alpha value is -3.00. The third-order valence-corrected chi connectivity index (χ3v) is 5.56. The molecule has 0 heterocycles. The zero-order valence-corrected chi connectivity index (χ0v) is 15.7. The van der Waals surface area contributed by atoms with Gasteiger partial charge in [0.15, 0.2) is 5.37 Å². The zero-order valence-electron chi connectivity index (χ0n) is 14.8. The molecule has 0 saturated heterocycles. The van der Waals surface area contributed by atoms with Gasteiger partial charge in [0.25, 0.3) is 0 Å². The zero-order chi connectivity index (χ0) is 20.0. The van der Waals surface area contributed by atoms with Crippen LogP contribution in [0.4, 0.5) is 0 Å². The van der Waals surface area contributed by atoms with Gasteiger partial charge in [-0.3, -0.25) is 9.59 Å². The summed E-state index contributed by atoms with van der Waals surface area (Å²) in [6.45, 7) is 3.22. The van der Waals surface area contributed by atoms with Gasteiger partial charge in [0, 0.05) is 5.56 Å². The predicted octanol–water partition coefficient (Wildman–Crippen LogP) is 1.66. The minimum atomic E-state index is -4.30. The third-order valence-electron chi connectivity index (χ3n) is 3.68. The molecule has 142 valence electrons. The smallest absolute Gasteiger partial charge is 0.396 e. The fourth-order valence-electron chi connectivity index (χ4n) is 2.28. The van der Waals surface area contributed by atoms with Crippen LogP contribution >= 0.6 is 0 Å². The van der Waals surface area contributed by atoms with E-state index in [-0.39, 0.29) is 17.1 Å². The van der Waals surface area contributed by atoms with Crippen LogP contribution in [-0.4, -0.2) is 38.1 Å². The number of esters is 1. The van der Waals surface area contributed by atoms with Gasteiger partial charge >= 0.3 is 11.9 Å². The van der Waals surface area contributed by atoms with Crippen molar-refractivity contribution in [3.8, 4) is 0 Å². The van der Waals surface area contributed by atoms with Gasteiger partial charge in [-0.05, 0) is 26.0 Å². The SMILES string of the molecule is CCOC(=O)C(=O)NC(C(=O)c1ccccc1)S(=O)(=O)c1ccc(C)cc1. The van der Waals surface area contributed by atoms with Crippen LogP contribution in [-0.2, 0) is 24.2 Å². The summed E-state index contributed by atoms with van der Waals surface area (Å²) in [4.78, 5) is 36.3. The van der Waals surface area contributed by atoms with Crippen molar-refractivity contribution in [3.63, 3.8) is 0 Å². The average molecular weight is 389 g/mol. The Morgan fingerprint density at radius 2 is 1.59 bits per heavy atom. The molecule has 0 aliphatic heterocycles. The number of rotatable bonds is 6. The van der Waals surface area contributed by atoms with Crippen molar-refractivity contribution in [3.05, 3.63) is 65.7 Å². The summed E-state index contributed by atoms with van der Waals surface area (Å²) >= 11 is 0. The minimum Gasteiger partial charge on any atom is -0.459 e. The summed E-state index contributed by atoms with van der Waals surface area (Å²) in [6.07, 6.45) is 0. The molecule has 8 heteroatoms. The van der Waals surface area contributed by atoms with Gasteiger partial charge in [0.05, 0.1) is 11.5 Å². The standard InChI is InChI=1S/C19H19NO6S/c1-3-26-19(23)17(22)20-18(16(21)14-7-5-4-6-8-14)27(24,25)15-11-9-13(2)10-12-15/h4-12,18H,3H2,1-2H3,(H,20,22). The monoisotopic (exact) mass is 389 g/mol. The molecule has 0 aromatic heterocycles. The number of Topliss-reactive ketones (excluding diaryl/α,β-unsaturated/α-hetero) is 1. The predicted molar refractivity (Wildman–Crippen MR) is 97.7 cm³/mol. The van der Waals surface area contributed by atoms with Crippen LogP contribution < -0.4 is 5.32 Å². The molecule has 2 aromatic rings. The van der Waals surface area contributed by atoms with E-state index >= 15 is 0 Å². The first kappa shape index (κ1) is 20.3. The molecule has 27 heavy (non-hydrogen) atoms. The fraction of sp³-hybridized carbons (Fsp3) is 0.211. The highest BCUT2D eigenvalue weighted by Crippen LogP contribution is 2.19. The second-order valence-electron chi connectivity index (χ2n) is 5.66. The number of nitrogens with one attached hydrogen (secondary N) is 1. The Kier molecular flexibility index (Phi) is 6.46. The second-order valence-corrected chi connectivity index (χ2v) is 7.70. The molecule has 0 saturated carbocycles. The maximum atomic E-state index is 13.0. The number of ketones is 1. The molecule has 1 atom stereocenters. The lowest BCUT2D eigenvalue weighted by atomic mass is 10.1. The Morgan fingerprint density at radius 3 is 2.15 bits per heavy atom. The van der Waals surface area contributed by atoms with E-state index in [1.165, 1.54) is 31.2 Å². The first-order chi connectivity index (χ1) is 12.8. The Balaban J connectivity index is 2.45. The highest BCUT2D eigenvalue weighted by atomic mass is 32.2. The fourth-order valence-corrected chi connectivity index (χ4v) is 3.74. The van der Waals surface area contributed by atoms with Crippen molar-refractivity contribution in [2.75, 3.05) is 6.61 Å². The van der Waals surface area contributed by atoms with E-state index in [9.17, 15) is 22.8 Å². The first-order valence-corrected chi connectivity index (χ1v) is 9.69. The molecular formula is C19H19NO6S. The number of ether oxygens (including phenoxy) is 1. The lowest BCUT2D eigenvalue weighted by Gasteiger charge is -2.18. The second kappa shape index (κ2) is 8.59. The molecule has 7 nitrogen and oxygen atoms in total. The van der Waals surface area contributed by atoms with Crippen LogP contribution in [0.5, 0.6) is 0 Å². The van der Waals surface area contributed by atoms with Crippen molar-refractivity contribution in [1.82, 2.24) is 5.32 Å². The van der Waals surface area contributed by atoms with E-state index in [1.54, 1.807) is 37.3 Å². The summed E-state index contributed by atoms with van der Waals surface area (Å²) in [5.41, 5.74) is 0.915. The summed E-state index contributed by atoms with van der Waals surface area (Å²) < 4.78 is 30.5. The molecular weight excluding hydrogens is 370 g/mol. The van der Waals surface area contributed by atoms with E-state index in [0.717, 1.165) is 5.56 Å². The number of amides is 1. The van der Waals surface area contributed by atoms with Crippen LogP contribution in [0.15, 0.2) is 59.5 Å². The lowest BCUT2D eigenvalue weighted by Crippen LogP contribution is -2.49. The van der Waals surface area contributed by atoms with Crippen molar-refractivity contribution >= 4 is 27.5 Å². The van der Waals surface area contributed by atoms with Gasteiger partial charge in [0.1, 0.15) is 0 Å². The minimum absolute atomic E-state index is 0.0612. The number of aryl methyl sites for hydroxylation is 1. The summed E-state index contributed by atoms with van der Waals surface area (Å²) in [6, 6.07) is 13.5. The maximum Gasteiger partial charge on any atom is 0.396 e. The molecule has 0 aliphatic rings. The molecule has 2 rings (SSSR count). The lowest BCUT2D eigenvalue weighted by molar-refractivity contribution is -0.154. The average Bonchev–Trinajstić information content (AvgIpc) is 2.66. The highest BCUT2D eigenvalue weighted by Gasteiger charge is 2.37. The molecule has 2 aromatic carbocycles. The van der Waals surface area contributed by atoms with E-state index in [0.29, 0.717) is 0 Å². The van der Waals surface area contributed by atoms with Crippen molar-refractivity contribution < 1.29 is 27.5 Å². The van der Waals surface area contributed by atoms with Gasteiger partial charge in [-0.25, -0.2) is 13.2 Å². The number of carbonyl (C=O) groups excluding carboxylic acids is 3. The number of hydrogen-bond donors (Lipinski definition) is 1. The third kappa shape index (κ3) is 4.79. The first-order valence-electron chi connectivity index (χ1n) is 8.14. The molecule has 1 unspecified atom stereocenters. The van der Waals surface area contributed by atoms with E-state index < -0.39 is 32.9 Å². The van der Waals surface area contributed by atoms with Crippen molar-refractivity contribution in [2.45, 2.75) is 24.1 Å². The van der Waals surface area contributed by atoms with E-state index in [4.69, 9.17) is 0 Å². The van der Waals surface area contributed by atoms with Crippen LogP contribution in [0, 0.1) is 6.92 Å². The normalized spacial score (nSPS) is 12.1. The maximum absolute atomic E-state index is 13.0.